The number of guanidine groups is 1. The van der Waals surface area contributed by atoms with Crippen LogP contribution < -0.4 is 10.6 Å². The van der Waals surface area contributed by atoms with Crippen LogP contribution in [-0.2, 0) is 0 Å². The van der Waals surface area contributed by atoms with Crippen molar-refractivity contribution >= 4 is 5.96 Å². The molecule has 4 nitrogen and oxygen atoms in total. The zero-order chi connectivity index (χ0) is 16.2. The fourth-order valence-corrected chi connectivity index (χ4v) is 2.42. The molecule has 1 aliphatic carbocycles. The van der Waals surface area contributed by atoms with Crippen molar-refractivity contribution in [3.8, 4) is 0 Å². The highest BCUT2D eigenvalue weighted by Crippen LogP contribution is 2.31. The zero-order valence-corrected chi connectivity index (χ0v) is 13.0. The second-order valence-electron chi connectivity index (χ2n) is 5.80. The molecule has 0 bridgehead atoms. The maximum absolute atomic E-state index is 13.8. The van der Waals surface area contributed by atoms with Gasteiger partial charge >= 0.3 is 0 Å². The van der Waals surface area contributed by atoms with Crippen molar-refractivity contribution in [3.05, 3.63) is 35.4 Å². The molecule has 0 amide bonds. The second-order valence-corrected chi connectivity index (χ2v) is 5.80. The van der Waals surface area contributed by atoms with Crippen molar-refractivity contribution in [3.63, 3.8) is 0 Å². The minimum absolute atomic E-state index is 0.320. The van der Waals surface area contributed by atoms with Gasteiger partial charge in [0.1, 0.15) is 11.6 Å². The maximum atomic E-state index is 13.8. The third-order valence-corrected chi connectivity index (χ3v) is 3.94. The summed E-state index contributed by atoms with van der Waals surface area (Å²) >= 11 is 0. The van der Waals surface area contributed by atoms with E-state index >= 15 is 0 Å². The fourth-order valence-electron chi connectivity index (χ4n) is 2.42. The Labute approximate surface area is 129 Å². The van der Waals surface area contributed by atoms with E-state index in [1.165, 1.54) is 12.1 Å². The SMILES string of the molecule is CCNC(=NCC1(O)CCC1)NC(C)c1ccc(F)cc1F. The molecule has 0 radical (unpaired) electrons. The van der Waals surface area contributed by atoms with Crippen LogP contribution in [0.25, 0.3) is 0 Å². The van der Waals surface area contributed by atoms with E-state index in [1.54, 1.807) is 6.92 Å². The molecule has 0 heterocycles. The topological polar surface area (TPSA) is 56.7 Å². The molecule has 1 aromatic rings. The standard InChI is InChI=1S/C16H23F2N3O/c1-3-19-15(20-10-16(22)7-4-8-16)21-11(2)13-6-5-12(17)9-14(13)18/h5-6,9,11,22H,3-4,7-8,10H2,1-2H3,(H2,19,20,21). The molecule has 0 aromatic heterocycles. The highest BCUT2D eigenvalue weighted by Gasteiger charge is 2.34. The van der Waals surface area contributed by atoms with Crippen molar-refractivity contribution in [2.75, 3.05) is 13.1 Å². The van der Waals surface area contributed by atoms with Gasteiger partial charge in [-0.3, -0.25) is 4.99 Å². The molecule has 1 fully saturated rings. The average Bonchev–Trinajstić information content (AvgIpc) is 2.42. The van der Waals surface area contributed by atoms with Gasteiger partial charge in [-0.2, -0.15) is 0 Å². The van der Waals surface area contributed by atoms with E-state index in [2.05, 4.69) is 15.6 Å². The molecule has 1 saturated carbocycles. The first-order valence-corrected chi connectivity index (χ1v) is 7.66. The minimum Gasteiger partial charge on any atom is -0.388 e. The molecule has 0 saturated heterocycles. The summed E-state index contributed by atoms with van der Waals surface area (Å²) in [5, 5.41) is 16.2. The molecule has 0 aliphatic heterocycles. The lowest BCUT2D eigenvalue weighted by atomic mass is 9.80. The normalized spacial score (nSPS) is 18.5. The van der Waals surface area contributed by atoms with Gasteiger partial charge in [0.05, 0.1) is 18.2 Å². The van der Waals surface area contributed by atoms with Gasteiger partial charge in [0.15, 0.2) is 5.96 Å². The van der Waals surface area contributed by atoms with Crippen LogP contribution in [0.3, 0.4) is 0 Å². The summed E-state index contributed by atoms with van der Waals surface area (Å²) < 4.78 is 26.8. The van der Waals surface area contributed by atoms with Gasteiger partial charge < -0.3 is 15.7 Å². The molecular formula is C16H23F2N3O. The van der Waals surface area contributed by atoms with Crippen LogP contribution in [0.15, 0.2) is 23.2 Å². The number of nitrogens with one attached hydrogen (secondary N) is 2. The smallest absolute Gasteiger partial charge is 0.191 e. The number of aliphatic imine (C=N–C) groups is 1. The van der Waals surface area contributed by atoms with Crippen molar-refractivity contribution in [1.82, 2.24) is 10.6 Å². The molecule has 1 unspecified atom stereocenters. The Bertz CT molecular complexity index is 544. The largest absolute Gasteiger partial charge is 0.388 e. The first kappa shape index (κ1) is 16.7. The van der Waals surface area contributed by atoms with Gasteiger partial charge in [-0.15, -0.1) is 0 Å². The Morgan fingerprint density at radius 3 is 2.68 bits per heavy atom. The Hall–Kier alpha value is -1.69. The lowest BCUT2D eigenvalue weighted by Crippen LogP contribution is -2.43. The van der Waals surface area contributed by atoms with Crippen molar-refractivity contribution in [1.29, 1.82) is 0 Å². The molecule has 1 aromatic carbocycles. The lowest BCUT2D eigenvalue weighted by Gasteiger charge is -2.35. The van der Waals surface area contributed by atoms with Gasteiger partial charge in [-0.25, -0.2) is 8.78 Å². The number of rotatable bonds is 5. The van der Waals surface area contributed by atoms with Crippen LogP contribution in [-0.4, -0.2) is 29.8 Å². The van der Waals surface area contributed by atoms with Gasteiger partial charge in [0, 0.05) is 18.2 Å². The number of hydrogen-bond donors (Lipinski definition) is 3. The molecule has 2 rings (SSSR count). The Balaban J connectivity index is 2.04. The predicted molar refractivity (Wildman–Crippen MR) is 82.7 cm³/mol. The van der Waals surface area contributed by atoms with Crippen molar-refractivity contribution < 1.29 is 13.9 Å². The summed E-state index contributed by atoms with van der Waals surface area (Å²) in [4.78, 5) is 4.37. The quantitative estimate of drug-likeness (QED) is 0.578. The highest BCUT2D eigenvalue weighted by atomic mass is 19.1. The van der Waals surface area contributed by atoms with Crippen LogP contribution in [0.4, 0.5) is 8.78 Å². The molecule has 1 aliphatic rings. The first-order chi connectivity index (χ1) is 10.4. The lowest BCUT2D eigenvalue weighted by molar-refractivity contribution is -0.0236. The van der Waals surface area contributed by atoms with Gasteiger partial charge in [0.25, 0.3) is 0 Å². The monoisotopic (exact) mass is 311 g/mol. The Morgan fingerprint density at radius 2 is 2.14 bits per heavy atom. The number of nitrogens with zero attached hydrogens (tertiary/aromatic N) is 1. The summed E-state index contributed by atoms with van der Waals surface area (Å²) in [6, 6.07) is 3.16. The summed E-state index contributed by atoms with van der Waals surface area (Å²) in [7, 11) is 0. The molecule has 1 atom stereocenters. The molecular weight excluding hydrogens is 288 g/mol. The summed E-state index contributed by atoms with van der Waals surface area (Å²) in [5.41, 5.74) is -0.332. The Morgan fingerprint density at radius 1 is 1.41 bits per heavy atom. The minimum atomic E-state index is -0.702. The van der Waals surface area contributed by atoms with Crippen LogP contribution in [0, 0.1) is 11.6 Å². The van der Waals surface area contributed by atoms with Crippen LogP contribution in [0.2, 0.25) is 0 Å². The molecule has 3 N–H and O–H groups in total. The van der Waals surface area contributed by atoms with Crippen molar-refractivity contribution in [2.24, 2.45) is 4.99 Å². The van der Waals surface area contributed by atoms with E-state index in [1.807, 2.05) is 6.92 Å². The summed E-state index contributed by atoms with van der Waals surface area (Å²) in [6.45, 7) is 4.68. The highest BCUT2D eigenvalue weighted by molar-refractivity contribution is 5.80. The van der Waals surface area contributed by atoms with Gasteiger partial charge in [-0.1, -0.05) is 6.07 Å². The third-order valence-electron chi connectivity index (χ3n) is 3.94. The predicted octanol–water partition coefficient (Wildman–Crippen LogP) is 2.50. The van der Waals surface area contributed by atoms with Crippen molar-refractivity contribution in [2.45, 2.75) is 44.8 Å². The Kier molecular flexibility index (Phi) is 5.34. The van der Waals surface area contributed by atoms with Crippen LogP contribution in [0.1, 0.15) is 44.7 Å². The van der Waals surface area contributed by atoms with E-state index in [0.29, 0.717) is 24.6 Å². The fraction of sp³-hybridized carbons (Fsp3) is 0.562. The van der Waals surface area contributed by atoms with Crippen LogP contribution in [0.5, 0.6) is 0 Å². The summed E-state index contributed by atoms with van der Waals surface area (Å²) in [6.07, 6.45) is 2.54. The third kappa shape index (κ3) is 4.16. The maximum Gasteiger partial charge on any atom is 0.191 e. The van der Waals surface area contributed by atoms with Gasteiger partial charge in [-0.05, 0) is 39.2 Å². The first-order valence-electron chi connectivity index (χ1n) is 7.66. The second kappa shape index (κ2) is 7.05. The number of halogens is 2. The molecule has 22 heavy (non-hydrogen) atoms. The number of aliphatic hydroxyl groups is 1. The van der Waals surface area contributed by atoms with Crippen LogP contribution >= 0.6 is 0 Å². The van der Waals surface area contributed by atoms with E-state index < -0.39 is 17.2 Å². The van der Waals surface area contributed by atoms with E-state index in [-0.39, 0.29) is 6.04 Å². The molecule has 6 heteroatoms. The number of benzene rings is 1. The molecule has 122 valence electrons. The average molecular weight is 311 g/mol. The molecule has 0 spiro atoms. The van der Waals surface area contributed by atoms with E-state index in [9.17, 15) is 13.9 Å². The van der Waals surface area contributed by atoms with E-state index in [0.717, 1.165) is 25.3 Å². The zero-order valence-electron chi connectivity index (χ0n) is 13.0. The van der Waals surface area contributed by atoms with Gasteiger partial charge in [0.2, 0.25) is 0 Å². The number of hydrogen-bond acceptors (Lipinski definition) is 2. The summed E-state index contributed by atoms with van der Waals surface area (Å²) in [5.74, 6) is -0.672. The van der Waals surface area contributed by atoms with E-state index in [4.69, 9.17) is 0 Å².